The van der Waals surface area contributed by atoms with Crippen molar-refractivity contribution in [1.29, 1.82) is 0 Å². The molecule has 4 atom stereocenters. The molecule has 96 valence electrons. The van der Waals surface area contributed by atoms with Gasteiger partial charge >= 0.3 is 0 Å². The summed E-state index contributed by atoms with van der Waals surface area (Å²) in [6.07, 6.45) is 7.71. The van der Waals surface area contributed by atoms with E-state index < -0.39 is 0 Å². The van der Waals surface area contributed by atoms with Gasteiger partial charge in [-0.2, -0.15) is 0 Å². The standard InChI is InChI=1S/C16H26O/c1-4-16(9-15(17)10(2)3)8-12-6-13(16)5-11-7-14(11)12/h10-11,13,15,17H,4-9H2,1-3H3. The minimum absolute atomic E-state index is 0.101. The summed E-state index contributed by atoms with van der Waals surface area (Å²) < 4.78 is 0. The van der Waals surface area contributed by atoms with E-state index in [-0.39, 0.29) is 6.10 Å². The highest BCUT2D eigenvalue weighted by molar-refractivity contribution is 5.38. The molecule has 0 heterocycles. The number of aliphatic hydroxyl groups is 1. The molecule has 0 radical (unpaired) electrons. The molecule has 0 saturated heterocycles. The molecule has 3 rings (SSSR count). The average molecular weight is 234 g/mol. The Labute approximate surface area is 105 Å². The molecular weight excluding hydrogens is 208 g/mol. The number of aliphatic hydroxyl groups excluding tert-OH is 1. The Morgan fingerprint density at radius 3 is 2.76 bits per heavy atom. The molecular formula is C16H26O. The topological polar surface area (TPSA) is 20.2 Å². The molecule has 3 aliphatic carbocycles. The first kappa shape index (κ1) is 11.8. The highest BCUT2D eigenvalue weighted by atomic mass is 16.3. The summed E-state index contributed by atoms with van der Waals surface area (Å²) in [5.74, 6) is 2.26. The van der Waals surface area contributed by atoms with Crippen molar-refractivity contribution in [2.24, 2.45) is 23.2 Å². The molecule has 1 nitrogen and oxygen atoms in total. The minimum atomic E-state index is -0.101. The Morgan fingerprint density at radius 1 is 1.35 bits per heavy atom. The van der Waals surface area contributed by atoms with Crippen LogP contribution in [0.3, 0.4) is 0 Å². The quantitative estimate of drug-likeness (QED) is 0.731. The number of hydrogen-bond donors (Lipinski definition) is 1. The summed E-state index contributed by atoms with van der Waals surface area (Å²) in [7, 11) is 0. The molecule has 0 aromatic rings. The molecule has 2 saturated carbocycles. The largest absolute Gasteiger partial charge is 0.393 e. The van der Waals surface area contributed by atoms with E-state index in [0.717, 1.165) is 18.3 Å². The summed E-state index contributed by atoms with van der Waals surface area (Å²) >= 11 is 0. The first-order chi connectivity index (χ1) is 8.05. The van der Waals surface area contributed by atoms with Crippen LogP contribution < -0.4 is 0 Å². The van der Waals surface area contributed by atoms with Gasteiger partial charge in [0.2, 0.25) is 0 Å². The van der Waals surface area contributed by atoms with Gasteiger partial charge in [0, 0.05) is 0 Å². The van der Waals surface area contributed by atoms with Crippen molar-refractivity contribution < 1.29 is 5.11 Å². The van der Waals surface area contributed by atoms with Gasteiger partial charge in [-0.05, 0) is 61.7 Å². The molecule has 1 N–H and O–H groups in total. The lowest BCUT2D eigenvalue weighted by molar-refractivity contribution is 0.0367. The van der Waals surface area contributed by atoms with Crippen LogP contribution >= 0.6 is 0 Å². The summed E-state index contributed by atoms with van der Waals surface area (Å²) in [4.78, 5) is 0. The third kappa shape index (κ3) is 1.78. The maximum Gasteiger partial charge on any atom is 0.0568 e. The van der Waals surface area contributed by atoms with Gasteiger partial charge in [0.15, 0.2) is 0 Å². The van der Waals surface area contributed by atoms with Crippen LogP contribution in [0.15, 0.2) is 11.1 Å². The zero-order valence-electron chi connectivity index (χ0n) is 11.5. The normalized spacial score (nSPS) is 40.8. The van der Waals surface area contributed by atoms with Gasteiger partial charge in [0.25, 0.3) is 0 Å². The monoisotopic (exact) mass is 234 g/mol. The van der Waals surface area contributed by atoms with Crippen molar-refractivity contribution in [2.45, 2.75) is 65.4 Å². The van der Waals surface area contributed by atoms with Crippen molar-refractivity contribution in [3.8, 4) is 0 Å². The molecule has 4 unspecified atom stereocenters. The van der Waals surface area contributed by atoms with Crippen LogP contribution in [0.5, 0.6) is 0 Å². The lowest BCUT2D eigenvalue weighted by Crippen LogP contribution is -2.32. The predicted octanol–water partition coefficient (Wildman–Crippen LogP) is 3.92. The number of rotatable bonds is 4. The fourth-order valence-electron chi connectivity index (χ4n) is 4.39. The van der Waals surface area contributed by atoms with Gasteiger partial charge in [-0.25, -0.2) is 0 Å². The van der Waals surface area contributed by atoms with Crippen LogP contribution in [0.4, 0.5) is 0 Å². The van der Waals surface area contributed by atoms with Crippen LogP contribution in [0, 0.1) is 23.2 Å². The molecule has 3 aliphatic rings. The maximum atomic E-state index is 10.3. The summed E-state index contributed by atoms with van der Waals surface area (Å²) in [5, 5.41) is 10.3. The number of allylic oxidation sites excluding steroid dienone is 2. The van der Waals surface area contributed by atoms with E-state index in [1.807, 2.05) is 5.57 Å². The van der Waals surface area contributed by atoms with Gasteiger partial charge in [0.05, 0.1) is 6.10 Å². The minimum Gasteiger partial charge on any atom is -0.393 e. The van der Waals surface area contributed by atoms with E-state index in [0.29, 0.717) is 11.3 Å². The molecule has 17 heavy (non-hydrogen) atoms. The fourth-order valence-corrected chi connectivity index (χ4v) is 4.39. The Morgan fingerprint density at radius 2 is 2.12 bits per heavy atom. The van der Waals surface area contributed by atoms with E-state index >= 15 is 0 Å². The van der Waals surface area contributed by atoms with E-state index in [1.165, 1.54) is 32.1 Å². The van der Waals surface area contributed by atoms with Crippen LogP contribution in [0.2, 0.25) is 0 Å². The lowest BCUT2D eigenvalue weighted by atomic mass is 9.69. The van der Waals surface area contributed by atoms with Crippen LogP contribution in [-0.4, -0.2) is 11.2 Å². The van der Waals surface area contributed by atoms with Crippen molar-refractivity contribution >= 4 is 0 Å². The van der Waals surface area contributed by atoms with Gasteiger partial charge in [-0.15, -0.1) is 0 Å². The summed E-state index contributed by atoms with van der Waals surface area (Å²) in [6.45, 7) is 6.63. The Balaban J connectivity index is 1.80. The first-order valence-corrected chi connectivity index (χ1v) is 7.44. The van der Waals surface area contributed by atoms with Gasteiger partial charge in [-0.1, -0.05) is 31.9 Å². The second-order valence-electron chi connectivity index (χ2n) is 7.07. The molecule has 2 fully saturated rings. The van der Waals surface area contributed by atoms with Gasteiger partial charge in [-0.3, -0.25) is 0 Å². The molecule has 2 bridgehead atoms. The van der Waals surface area contributed by atoms with Crippen molar-refractivity contribution in [1.82, 2.24) is 0 Å². The third-order valence-electron chi connectivity index (χ3n) is 5.84. The van der Waals surface area contributed by atoms with E-state index in [1.54, 1.807) is 5.57 Å². The maximum absolute atomic E-state index is 10.3. The average Bonchev–Trinajstić information content (AvgIpc) is 3.00. The Hall–Kier alpha value is -0.300. The highest BCUT2D eigenvalue weighted by Crippen LogP contribution is 2.64. The molecule has 0 aromatic heterocycles. The van der Waals surface area contributed by atoms with Crippen LogP contribution in [-0.2, 0) is 0 Å². The zero-order valence-corrected chi connectivity index (χ0v) is 11.5. The van der Waals surface area contributed by atoms with E-state index in [4.69, 9.17) is 0 Å². The molecule has 0 aliphatic heterocycles. The lowest BCUT2D eigenvalue weighted by Gasteiger charge is -2.37. The number of hydrogen-bond acceptors (Lipinski definition) is 1. The second-order valence-corrected chi connectivity index (χ2v) is 7.07. The first-order valence-electron chi connectivity index (χ1n) is 7.44. The Bertz CT molecular complexity index is 355. The van der Waals surface area contributed by atoms with E-state index in [9.17, 15) is 5.11 Å². The Kier molecular flexibility index (Phi) is 2.66. The smallest absolute Gasteiger partial charge is 0.0568 e. The molecule has 0 aromatic carbocycles. The summed E-state index contributed by atoms with van der Waals surface area (Å²) in [5.41, 5.74) is 4.05. The zero-order chi connectivity index (χ0) is 12.2. The fraction of sp³-hybridized carbons (Fsp3) is 0.875. The third-order valence-corrected chi connectivity index (χ3v) is 5.84. The molecule has 1 heteroatoms. The van der Waals surface area contributed by atoms with Crippen molar-refractivity contribution in [3.05, 3.63) is 11.1 Å². The number of fused-ring (bicyclic) bond motifs is 3. The van der Waals surface area contributed by atoms with Crippen LogP contribution in [0.25, 0.3) is 0 Å². The van der Waals surface area contributed by atoms with Crippen molar-refractivity contribution in [2.75, 3.05) is 0 Å². The van der Waals surface area contributed by atoms with Gasteiger partial charge < -0.3 is 5.11 Å². The SMILES string of the molecule is CCC1(CC(O)C(C)C)CC2=C3CC3CC1C2. The summed E-state index contributed by atoms with van der Waals surface area (Å²) in [6, 6.07) is 0. The van der Waals surface area contributed by atoms with Crippen molar-refractivity contribution in [3.63, 3.8) is 0 Å². The van der Waals surface area contributed by atoms with Gasteiger partial charge in [0.1, 0.15) is 0 Å². The van der Waals surface area contributed by atoms with Crippen LogP contribution in [0.1, 0.15) is 59.3 Å². The molecule has 0 spiro atoms. The second kappa shape index (κ2) is 3.85. The van der Waals surface area contributed by atoms with E-state index in [2.05, 4.69) is 20.8 Å². The highest BCUT2D eigenvalue weighted by Gasteiger charge is 2.53. The predicted molar refractivity (Wildman–Crippen MR) is 70.7 cm³/mol. The molecule has 0 amide bonds.